The molecule has 90 valence electrons. The summed E-state index contributed by atoms with van der Waals surface area (Å²) in [7, 11) is 0. The Hall–Kier alpha value is -0.680. The summed E-state index contributed by atoms with van der Waals surface area (Å²) < 4.78 is 6.74. The van der Waals surface area contributed by atoms with Crippen molar-refractivity contribution in [3.8, 4) is 0 Å². The van der Waals surface area contributed by atoms with Gasteiger partial charge >= 0.3 is 0 Å². The van der Waals surface area contributed by atoms with Crippen molar-refractivity contribution in [2.24, 2.45) is 0 Å². The molecule has 2 rings (SSSR count). The van der Waals surface area contributed by atoms with E-state index in [1.54, 1.807) is 0 Å². The van der Waals surface area contributed by atoms with Crippen LogP contribution in [0.5, 0.6) is 0 Å². The van der Waals surface area contributed by atoms with Crippen LogP contribution in [0, 0.1) is 3.57 Å². The molecule has 2 nitrogen and oxygen atoms in total. The molecule has 1 aromatic heterocycles. The van der Waals surface area contributed by atoms with E-state index in [1.807, 2.05) is 30.3 Å². The molecular formula is C13H13ClINO. The lowest BCUT2D eigenvalue weighted by Gasteiger charge is -2.06. The maximum Gasteiger partial charge on any atom is 0.123 e. The number of anilines is 1. The second kappa shape index (κ2) is 5.78. The number of nitrogens with one attached hydrogen (secondary N) is 1. The summed E-state index contributed by atoms with van der Waals surface area (Å²) in [5.41, 5.74) is 0.932. The molecule has 0 fully saturated rings. The summed E-state index contributed by atoms with van der Waals surface area (Å²) in [5, 5.41) is 4.00. The summed E-state index contributed by atoms with van der Waals surface area (Å²) in [5.74, 6) is 1.94. The molecule has 17 heavy (non-hydrogen) atoms. The van der Waals surface area contributed by atoms with E-state index >= 15 is 0 Å². The summed E-state index contributed by atoms with van der Waals surface area (Å²) in [6.45, 7) is 2.73. The first kappa shape index (κ1) is 12.8. The van der Waals surface area contributed by atoms with Gasteiger partial charge in [0.25, 0.3) is 0 Å². The van der Waals surface area contributed by atoms with E-state index in [-0.39, 0.29) is 0 Å². The molecule has 4 heteroatoms. The van der Waals surface area contributed by atoms with E-state index in [4.69, 9.17) is 16.0 Å². The molecule has 0 unspecified atom stereocenters. The fourth-order valence-electron chi connectivity index (χ4n) is 1.52. The predicted octanol–water partition coefficient (Wildman–Crippen LogP) is 4.71. The van der Waals surface area contributed by atoms with Crippen molar-refractivity contribution in [1.82, 2.24) is 0 Å². The SMILES string of the molecule is CCc1ccc(CNc2ccc(I)cc2Cl)o1. The van der Waals surface area contributed by atoms with Gasteiger partial charge < -0.3 is 9.73 Å². The summed E-state index contributed by atoms with van der Waals surface area (Å²) in [6.07, 6.45) is 0.921. The van der Waals surface area contributed by atoms with E-state index in [9.17, 15) is 0 Å². The number of hydrogen-bond donors (Lipinski definition) is 1. The van der Waals surface area contributed by atoms with Crippen LogP contribution in [0.25, 0.3) is 0 Å². The van der Waals surface area contributed by atoms with Gasteiger partial charge in [0.05, 0.1) is 17.3 Å². The molecule has 0 aliphatic carbocycles. The van der Waals surface area contributed by atoms with Crippen molar-refractivity contribution in [1.29, 1.82) is 0 Å². The quantitative estimate of drug-likeness (QED) is 0.798. The van der Waals surface area contributed by atoms with Crippen LogP contribution in [0.3, 0.4) is 0 Å². The van der Waals surface area contributed by atoms with Gasteiger partial charge in [-0.2, -0.15) is 0 Å². The minimum atomic E-state index is 0.653. The van der Waals surface area contributed by atoms with E-state index in [0.717, 1.165) is 32.2 Å². The fourth-order valence-corrected chi connectivity index (χ4v) is 2.45. The Labute approximate surface area is 119 Å². The van der Waals surface area contributed by atoms with Gasteiger partial charge in [0.1, 0.15) is 11.5 Å². The highest BCUT2D eigenvalue weighted by molar-refractivity contribution is 14.1. The van der Waals surface area contributed by atoms with Crippen molar-refractivity contribution < 1.29 is 4.42 Å². The Morgan fingerprint density at radius 3 is 2.65 bits per heavy atom. The van der Waals surface area contributed by atoms with Gasteiger partial charge in [0, 0.05) is 9.99 Å². The van der Waals surface area contributed by atoms with Crippen LogP contribution in [0.1, 0.15) is 18.4 Å². The first-order chi connectivity index (χ1) is 8.19. The largest absolute Gasteiger partial charge is 0.464 e. The highest BCUT2D eigenvalue weighted by atomic mass is 127. The zero-order valence-corrected chi connectivity index (χ0v) is 12.4. The Bertz CT molecular complexity index is 510. The maximum atomic E-state index is 6.13. The molecule has 0 bridgehead atoms. The van der Waals surface area contributed by atoms with Crippen LogP contribution in [0.4, 0.5) is 5.69 Å². The van der Waals surface area contributed by atoms with E-state index in [0.29, 0.717) is 6.54 Å². The lowest BCUT2D eigenvalue weighted by molar-refractivity contribution is 0.476. The van der Waals surface area contributed by atoms with E-state index < -0.39 is 0 Å². The summed E-state index contributed by atoms with van der Waals surface area (Å²) >= 11 is 8.37. The third kappa shape index (κ3) is 3.39. The third-order valence-corrected chi connectivity index (χ3v) is 3.43. The molecule has 0 aliphatic rings. The molecule has 0 saturated carbocycles. The number of benzene rings is 1. The lowest BCUT2D eigenvalue weighted by atomic mass is 10.3. The second-order valence-corrected chi connectivity index (χ2v) is 5.35. The zero-order valence-electron chi connectivity index (χ0n) is 9.47. The number of rotatable bonds is 4. The normalized spacial score (nSPS) is 10.5. The Kier molecular flexibility index (Phi) is 4.34. The Morgan fingerprint density at radius 2 is 2.00 bits per heavy atom. The molecule has 0 radical (unpaired) electrons. The predicted molar refractivity (Wildman–Crippen MR) is 79.6 cm³/mol. The highest BCUT2D eigenvalue weighted by Gasteiger charge is 2.03. The van der Waals surface area contributed by atoms with Gasteiger partial charge in [-0.3, -0.25) is 0 Å². The average molecular weight is 362 g/mol. The van der Waals surface area contributed by atoms with Gasteiger partial charge in [-0.25, -0.2) is 0 Å². The molecule has 1 heterocycles. The minimum Gasteiger partial charge on any atom is -0.464 e. The van der Waals surface area contributed by atoms with Crippen molar-refractivity contribution in [3.63, 3.8) is 0 Å². The van der Waals surface area contributed by atoms with Gasteiger partial charge in [0.15, 0.2) is 0 Å². The van der Waals surface area contributed by atoms with E-state index in [1.165, 1.54) is 0 Å². The molecule has 0 atom stereocenters. The Morgan fingerprint density at radius 1 is 1.24 bits per heavy atom. The van der Waals surface area contributed by atoms with Gasteiger partial charge in [-0.05, 0) is 52.9 Å². The van der Waals surface area contributed by atoms with Gasteiger partial charge in [0.2, 0.25) is 0 Å². The molecule has 0 amide bonds. The van der Waals surface area contributed by atoms with Gasteiger partial charge in [-0.15, -0.1) is 0 Å². The monoisotopic (exact) mass is 361 g/mol. The number of aryl methyl sites for hydroxylation is 1. The molecule has 0 saturated heterocycles. The summed E-state index contributed by atoms with van der Waals surface area (Å²) in [6, 6.07) is 9.94. The molecule has 1 aromatic carbocycles. The minimum absolute atomic E-state index is 0.653. The average Bonchev–Trinajstić information content (AvgIpc) is 2.76. The van der Waals surface area contributed by atoms with Crippen LogP contribution < -0.4 is 5.32 Å². The van der Waals surface area contributed by atoms with Crippen LogP contribution >= 0.6 is 34.2 Å². The van der Waals surface area contributed by atoms with Crippen molar-refractivity contribution in [2.75, 3.05) is 5.32 Å². The highest BCUT2D eigenvalue weighted by Crippen LogP contribution is 2.24. The molecule has 2 aromatic rings. The summed E-state index contributed by atoms with van der Waals surface area (Å²) in [4.78, 5) is 0. The van der Waals surface area contributed by atoms with Gasteiger partial charge in [-0.1, -0.05) is 18.5 Å². The number of furan rings is 1. The van der Waals surface area contributed by atoms with Crippen molar-refractivity contribution in [3.05, 3.63) is 50.4 Å². The second-order valence-electron chi connectivity index (χ2n) is 3.70. The van der Waals surface area contributed by atoms with Crippen LogP contribution in [-0.2, 0) is 13.0 Å². The zero-order chi connectivity index (χ0) is 12.3. The standard InChI is InChI=1S/C13H13ClINO/c1-2-10-4-5-11(17-10)8-16-13-6-3-9(15)7-12(13)14/h3-7,16H,2,8H2,1H3. The smallest absolute Gasteiger partial charge is 0.123 e. The van der Waals surface area contributed by atoms with Crippen LogP contribution in [0.15, 0.2) is 34.7 Å². The van der Waals surface area contributed by atoms with E-state index in [2.05, 4.69) is 34.8 Å². The molecule has 1 N–H and O–H groups in total. The van der Waals surface area contributed by atoms with Crippen LogP contribution in [-0.4, -0.2) is 0 Å². The maximum absolute atomic E-state index is 6.13. The number of halogens is 2. The third-order valence-electron chi connectivity index (χ3n) is 2.45. The molecule has 0 aliphatic heterocycles. The topological polar surface area (TPSA) is 25.2 Å². The lowest BCUT2D eigenvalue weighted by Crippen LogP contribution is -1.98. The molecular weight excluding hydrogens is 349 g/mol. The van der Waals surface area contributed by atoms with Crippen molar-refractivity contribution in [2.45, 2.75) is 19.9 Å². The first-order valence-corrected chi connectivity index (χ1v) is 6.91. The van der Waals surface area contributed by atoms with Crippen LogP contribution in [0.2, 0.25) is 5.02 Å². The Balaban J connectivity index is 2.02. The number of hydrogen-bond acceptors (Lipinski definition) is 2. The fraction of sp³-hybridized carbons (Fsp3) is 0.231. The van der Waals surface area contributed by atoms with Crippen molar-refractivity contribution >= 4 is 39.9 Å². The molecule has 0 spiro atoms. The first-order valence-electron chi connectivity index (χ1n) is 5.45.